The number of anilines is 2. The van der Waals surface area contributed by atoms with Gasteiger partial charge in [0, 0.05) is 37.9 Å². The smallest absolute Gasteiger partial charge is 0.270 e. The van der Waals surface area contributed by atoms with E-state index in [1.807, 2.05) is 18.2 Å². The highest BCUT2D eigenvalue weighted by molar-refractivity contribution is 5.97. The van der Waals surface area contributed by atoms with Gasteiger partial charge < -0.3 is 14.8 Å². The molecule has 1 aliphatic carbocycles. The van der Waals surface area contributed by atoms with Gasteiger partial charge in [-0.2, -0.15) is 4.98 Å². The Morgan fingerprint density at radius 3 is 2.68 bits per heavy atom. The van der Waals surface area contributed by atoms with Gasteiger partial charge >= 0.3 is 0 Å². The maximum atomic E-state index is 12.8. The predicted molar refractivity (Wildman–Crippen MR) is 111 cm³/mol. The fourth-order valence-corrected chi connectivity index (χ4v) is 3.71. The largest absolute Gasteiger partial charge is 0.343 e. The SMILES string of the molecule is C=Cc1ccc(Nc2ncc3cc(C(=O)N(C)C)n(C4CCCC4)c3n2)nc1. The molecule has 0 radical (unpaired) electrons. The normalized spacial score (nSPS) is 14.4. The zero-order valence-electron chi connectivity index (χ0n) is 16.2. The summed E-state index contributed by atoms with van der Waals surface area (Å²) in [7, 11) is 3.55. The van der Waals surface area contributed by atoms with Crippen LogP contribution in [0, 0.1) is 0 Å². The van der Waals surface area contributed by atoms with Crippen LogP contribution < -0.4 is 5.32 Å². The molecule has 144 valence electrons. The molecule has 1 amide bonds. The Balaban J connectivity index is 1.75. The molecule has 0 bridgehead atoms. The van der Waals surface area contributed by atoms with Crippen LogP contribution >= 0.6 is 0 Å². The van der Waals surface area contributed by atoms with Gasteiger partial charge in [0.2, 0.25) is 5.95 Å². The van der Waals surface area contributed by atoms with Crippen LogP contribution in [0.2, 0.25) is 0 Å². The van der Waals surface area contributed by atoms with Gasteiger partial charge in [-0.25, -0.2) is 9.97 Å². The van der Waals surface area contributed by atoms with Gasteiger partial charge in [-0.1, -0.05) is 25.5 Å². The number of rotatable bonds is 5. The first-order valence-electron chi connectivity index (χ1n) is 9.52. The van der Waals surface area contributed by atoms with Gasteiger partial charge in [0.1, 0.15) is 17.2 Å². The quantitative estimate of drug-likeness (QED) is 0.727. The molecule has 0 atom stereocenters. The molecule has 3 aromatic rings. The van der Waals surface area contributed by atoms with Crippen LogP contribution in [0.25, 0.3) is 17.1 Å². The van der Waals surface area contributed by atoms with Gasteiger partial charge in [0.25, 0.3) is 5.91 Å². The van der Waals surface area contributed by atoms with E-state index in [9.17, 15) is 4.79 Å². The summed E-state index contributed by atoms with van der Waals surface area (Å²) in [6, 6.07) is 5.98. The molecule has 4 rings (SSSR count). The number of carbonyl (C=O) groups excluding carboxylic acids is 1. The monoisotopic (exact) mass is 376 g/mol. The molecule has 1 aliphatic rings. The first kappa shape index (κ1) is 18.2. The number of hydrogen-bond acceptors (Lipinski definition) is 5. The van der Waals surface area contributed by atoms with Gasteiger partial charge in [0.15, 0.2) is 0 Å². The molecule has 0 aromatic carbocycles. The van der Waals surface area contributed by atoms with Crippen molar-refractivity contribution in [3.63, 3.8) is 0 Å². The average Bonchev–Trinajstić information content (AvgIpc) is 3.35. The Kier molecular flexibility index (Phi) is 4.81. The second-order valence-electron chi connectivity index (χ2n) is 7.32. The van der Waals surface area contributed by atoms with Crippen LogP contribution in [0.4, 0.5) is 11.8 Å². The maximum absolute atomic E-state index is 12.8. The fraction of sp³-hybridized carbons (Fsp3) is 0.333. The summed E-state index contributed by atoms with van der Waals surface area (Å²) in [5.41, 5.74) is 2.41. The summed E-state index contributed by atoms with van der Waals surface area (Å²) in [4.78, 5) is 27.9. The van der Waals surface area contributed by atoms with Crippen LogP contribution in [0.5, 0.6) is 0 Å². The van der Waals surface area contributed by atoms with Crippen molar-refractivity contribution >= 4 is 34.8 Å². The van der Waals surface area contributed by atoms with Gasteiger partial charge in [-0.3, -0.25) is 4.79 Å². The third kappa shape index (κ3) is 3.35. The van der Waals surface area contributed by atoms with Crippen molar-refractivity contribution in [3.05, 3.63) is 48.4 Å². The summed E-state index contributed by atoms with van der Waals surface area (Å²) < 4.78 is 2.10. The number of carbonyl (C=O) groups is 1. The molecular formula is C21H24N6O. The predicted octanol–water partition coefficient (Wildman–Crippen LogP) is 4.03. The summed E-state index contributed by atoms with van der Waals surface area (Å²) >= 11 is 0. The summed E-state index contributed by atoms with van der Waals surface area (Å²) in [5.74, 6) is 1.11. The molecule has 0 aliphatic heterocycles. The van der Waals surface area contributed by atoms with E-state index in [4.69, 9.17) is 4.98 Å². The van der Waals surface area contributed by atoms with Crippen LogP contribution in [0.1, 0.15) is 47.8 Å². The van der Waals surface area contributed by atoms with Crippen molar-refractivity contribution in [3.8, 4) is 0 Å². The minimum Gasteiger partial charge on any atom is -0.343 e. The summed E-state index contributed by atoms with van der Waals surface area (Å²) in [6.45, 7) is 3.74. The molecule has 0 unspecified atom stereocenters. The molecule has 3 aromatic heterocycles. The lowest BCUT2D eigenvalue weighted by molar-refractivity contribution is 0.0815. The molecule has 3 heterocycles. The van der Waals surface area contributed by atoms with E-state index in [1.165, 1.54) is 12.8 Å². The molecular weight excluding hydrogens is 352 g/mol. The molecule has 1 saturated carbocycles. The first-order chi connectivity index (χ1) is 13.6. The van der Waals surface area contributed by atoms with Crippen molar-refractivity contribution in [2.75, 3.05) is 19.4 Å². The highest BCUT2D eigenvalue weighted by Crippen LogP contribution is 2.34. The van der Waals surface area contributed by atoms with Gasteiger partial charge in [0.05, 0.1) is 0 Å². The average molecular weight is 376 g/mol. The van der Waals surface area contributed by atoms with Crippen molar-refractivity contribution < 1.29 is 4.79 Å². The fourth-order valence-electron chi connectivity index (χ4n) is 3.71. The van der Waals surface area contributed by atoms with E-state index in [-0.39, 0.29) is 5.91 Å². The van der Waals surface area contributed by atoms with Crippen molar-refractivity contribution in [1.82, 2.24) is 24.4 Å². The highest BCUT2D eigenvalue weighted by Gasteiger charge is 2.26. The Morgan fingerprint density at radius 1 is 1.25 bits per heavy atom. The maximum Gasteiger partial charge on any atom is 0.270 e. The number of pyridine rings is 1. The topological polar surface area (TPSA) is 75.9 Å². The molecule has 0 spiro atoms. The first-order valence-corrected chi connectivity index (χ1v) is 9.52. The van der Waals surface area contributed by atoms with E-state index in [0.717, 1.165) is 29.4 Å². The molecule has 28 heavy (non-hydrogen) atoms. The zero-order valence-corrected chi connectivity index (χ0v) is 16.2. The number of hydrogen-bond donors (Lipinski definition) is 1. The Morgan fingerprint density at radius 2 is 2.04 bits per heavy atom. The van der Waals surface area contributed by atoms with E-state index in [1.54, 1.807) is 37.5 Å². The van der Waals surface area contributed by atoms with Crippen LogP contribution in [-0.4, -0.2) is 44.4 Å². The van der Waals surface area contributed by atoms with Gasteiger partial charge in [-0.15, -0.1) is 0 Å². The third-order valence-electron chi connectivity index (χ3n) is 5.15. The van der Waals surface area contributed by atoms with Crippen LogP contribution in [0.15, 0.2) is 37.2 Å². The second-order valence-corrected chi connectivity index (χ2v) is 7.32. The van der Waals surface area contributed by atoms with Crippen molar-refractivity contribution in [2.45, 2.75) is 31.7 Å². The molecule has 7 heteroatoms. The molecule has 0 saturated heterocycles. The van der Waals surface area contributed by atoms with Crippen molar-refractivity contribution in [2.24, 2.45) is 0 Å². The molecule has 1 N–H and O–H groups in total. The number of aromatic nitrogens is 4. The van der Waals surface area contributed by atoms with E-state index in [0.29, 0.717) is 23.5 Å². The Labute approximate surface area is 164 Å². The van der Waals surface area contributed by atoms with E-state index < -0.39 is 0 Å². The van der Waals surface area contributed by atoms with E-state index >= 15 is 0 Å². The number of fused-ring (bicyclic) bond motifs is 1. The summed E-state index contributed by atoms with van der Waals surface area (Å²) in [5, 5.41) is 4.02. The van der Waals surface area contributed by atoms with E-state index in [2.05, 4.69) is 26.4 Å². The molecule has 7 nitrogen and oxygen atoms in total. The Hall–Kier alpha value is -3.22. The minimum atomic E-state index is -0.0129. The van der Waals surface area contributed by atoms with Crippen molar-refractivity contribution in [1.29, 1.82) is 0 Å². The number of nitrogens with one attached hydrogen (secondary N) is 1. The highest BCUT2D eigenvalue weighted by atomic mass is 16.2. The minimum absolute atomic E-state index is 0.0129. The summed E-state index contributed by atoms with van der Waals surface area (Å²) in [6.07, 6.45) is 9.73. The lowest BCUT2D eigenvalue weighted by atomic mass is 10.2. The second kappa shape index (κ2) is 7.42. The lowest BCUT2D eigenvalue weighted by Gasteiger charge is -2.19. The zero-order chi connectivity index (χ0) is 19.7. The van der Waals surface area contributed by atoms with Crippen LogP contribution in [-0.2, 0) is 0 Å². The molecule has 1 fully saturated rings. The lowest BCUT2D eigenvalue weighted by Crippen LogP contribution is -2.25. The van der Waals surface area contributed by atoms with Crippen LogP contribution in [0.3, 0.4) is 0 Å². The van der Waals surface area contributed by atoms with Gasteiger partial charge in [-0.05, 0) is 36.6 Å². The number of nitrogens with zero attached hydrogens (tertiary/aromatic N) is 5. The number of amides is 1. The Bertz CT molecular complexity index is 1020. The third-order valence-corrected chi connectivity index (χ3v) is 5.15. The standard InChI is InChI=1S/C21H24N6O/c1-4-14-9-10-18(22-12-14)24-21-23-13-15-11-17(20(28)26(2)3)27(19(15)25-21)16-7-5-6-8-16/h4,9-13,16H,1,5-8H2,2-3H3,(H,22,23,24,25).